The maximum atomic E-state index is 5.94. The van der Waals surface area contributed by atoms with E-state index in [4.69, 9.17) is 9.47 Å². The minimum Gasteiger partial charge on any atom is -0.493 e. The van der Waals surface area contributed by atoms with Crippen molar-refractivity contribution in [2.75, 3.05) is 13.7 Å². The summed E-state index contributed by atoms with van der Waals surface area (Å²) >= 11 is 0. The number of methoxy groups -OCH3 is 1. The zero-order valence-corrected chi connectivity index (χ0v) is 14.6. The highest BCUT2D eigenvalue weighted by molar-refractivity contribution is 5.46. The lowest BCUT2D eigenvalue weighted by atomic mass is 10.1. The minimum atomic E-state index is 0.122. The standard InChI is InChI=1S/C20H27NO2/c1-15(2)23-20-18(10-7-11-19(20)22-4)14-21-13-12-17-9-6-5-8-16(17)3/h5-11,15,21H,12-14H2,1-4H3. The second-order valence-electron chi connectivity index (χ2n) is 5.97. The predicted molar refractivity (Wildman–Crippen MR) is 95.3 cm³/mol. The average molecular weight is 313 g/mol. The third-order valence-electron chi connectivity index (χ3n) is 3.78. The van der Waals surface area contributed by atoms with Crippen molar-refractivity contribution in [3.05, 3.63) is 59.2 Å². The molecule has 0 bridgehead atoms. The second kappa shape index (κ2) is 8.59. The molecule has 0 heterocycles. The van der Waals surface area contributed by atoms with Crippen molar-refractivity contribution in [1.29, 1.82) is 0 Å². The molecule has 3 nitrogen and oxygen atoms in total. The Kier molecular flexibility index (Phi) is 6.48. The van der Waals surface area contributed by atoms with Crippen LogP contribution in [-0.4, -0.2) is 19.8 Å². The molecule has 0 fully saturated rings. The summed E-state index contributed by atoms with van der Waals surface area (Å²) in [6, 6.07) is 14.6. The van der Waals surface area contributed by atoms with Crippen LogP contribution in [0.4, 0.5) is 0 Å². The normalized spacial score (nSPS) is 10.8. The van der Waals surface area contributed by atoms with Crippen LogP contribution in [0.1, 0.15) is 30.5 Å². The Morgan fingerprint density at radius 1 is 1.00 bits per heavy atom. The molecule has 0 spiro atoms. The summed E-state index contributed by atoms with van der Waals surface area (Å²) in [4.78, 5) is 0. The van der Waals surface area contributed by atoms with E-state index in [1.54, 1.807) is 7.11 Å². The lowest BCUT2D eigenvalue weighted by Gasteiger charge is -2.17. The van der Waals surface area contributed by atoms with Gasteiger partial charge in [-0.2, -0.15) is 0 Å². The molecule has 0 aliphatic heterocycles. The van der Waals surface area contributed by atoms with E-state index in [0.29, 0.717) is 0 Å². The maximum absolute atomic E-state index is 5.94. The van der Waals surface area contributed by atoms with Gasteiger partial charge >= 0.3 is 0 Å². The highest BCUT2D eigenvalue weighted by Crippen LogP contribution is 2.31. The molecular formula is C20H27NO2. The van der Waals surface area contributed by atoms with Crippen LogP contribution in [-0.2, 0) is 13.0 Å². The van der Waals surface area contributed by atoms with E-state index >= 15 is 0 Å². The molecule has 2 aromatic rings. The van der Waals surface area contributed by atoms with Crippen molar-refractivity contribution in [2.45, 2.75) is 39.8 Å². The van der Waals surface area contributed by atoms with Crippen LogP contribution in [0.25, 0.3) is 0 Å². The largest absolute Gasteiger partial charge is 0.493 e. The molecule has 23 heavy (non-hydrogen) atoms. The number of hydrogen-bond acceptors (Lipinski definition) is 3. The number of aryl methyl sites for hydroxylation is 1. The van der Waals surface area contributed by atoms with Crippen molar-refractivity contribution >= 4 is 0 Å². The summed E-state index contributed by atoms with van der Waals surface area (Å²) in [6.45, 7) is 7.92. The molecule has 3 heteroatoms. The van der Waals surface area contributed by atoms with Crippen molar-refractivity contribution in [3.63, 3.8) is 0 Å². The Labute approximate surface area is 139 Å². The molecule has 0 saturated carbocycles. The first-order chi connectivity index (χ1) is 11.1. The van der Waals surface area contributed by atoms with Crippen LogP contribution in [0.3, 0.4) is 0 Å². The molecule has 0 saturated heterocycles. The number of benzene rings is 2. The monoisotopic (exact) mass is 313 g/mol. The molecule has 0 aliphatic rings. The molecule has 2 aromatic carbocycles. The smallest absolute Gasteiger partial charge is 0.166 e. The third kappa shape index (κ3) is 5.00. The number of ether oxygens (including phenoxy) is 2. The van der Waals surface area contributed by atoms with Crippen molar-refractivity contribution in [3.8, 4) is 11.5 Å². The quantitative estimate of drug-likeness (QED) is 0.744. The first kappa shape index (κ1) is 17.4. The topological polar surface area (TPSA) is 30.5 Å². The highest BCUT2D eigenvalue weighted by atomic mass is 16.5. The Bertz CT molecular complexity index is 623. The van der Waals surface area contributed by atoms with Gasteiger partial charge in [-0.05, 0) is 50.9 Å². The first-order valence-electron chi connectivity index (χ1n) is 8.19. The van der Waals surface area contributed by atoms with E-state index in [2.05, 4.69) is 42.6 Å². The van der Waals surface area contributed by atoms with Gasteiger partial charge in [0, 0.05) is 12.1 Å². The van der Waals surface area contributed by atoms with Gasteiger partial charge in [-0.25, -0.2) is 0 Å². The molecule has 2 rings (SSSR count). The lowest BCUT2D eigenvalue weighted by molar-refractivity contribution is 0.227. The molecule has 1 N–H and O–H groups in total. The molecule has 0 radical (unpaired) electrons. The van der Waals surface area contributed by atoms with Crippen molar-refractivity contribution in [2.24, 2.45) is 0 Å². The van der Waals surface area contributed by atoms with Crippen LogP contribution >= 0.6 is 0 Å². The van der Waals surface area contributed by atoms with Gasteiger partial charge < -0.3 is 14.8 Å². The van der Waals surface area contributed by atoms with Crippen LogP contribution in [0.15, 0.2) is 42.5 Å². The summed E-state index contributed by atoms with van der Waals surface area (Å²) in [5.41, 5.74) is 3.87. The fourth-order valence-electron chi connectivity index (χ4n) is 2.57. The summed E-state index contributed by atoms with van der Waals surface area (Å²) in [6.07, 6.45) is 1.15. The van der Waals surface area contributed by atoms with E-state index in [1.165, 1.54) is 11.1 Å². The van der Waals surface area contributed by atoms with E-state index in [-0.39, 0.29) is 6.10 Å². The molecule has 124 valence electrons. The number of hydrogen-bond donors (Lipinski definition) is 1. The van der Waals surface area contributed by atoms with Gasteiger partial charge in [0.05, 0.1) is 13.2 Å². The summed E-state index contributed by atoms with van der Waals surface area (Å²) < 4.78 is 11.4. The van der Waals surface area contributed by atoms with Gasteiger partial charge in [-0.15, -0.1) is 0 Å². The van der Waals surface area contributed by atoms with E-state index in [1.807, 2.05) is 26.0 Å². The van der Waals surface area contributed by atoms with Crippen LogP contribution in [0, 0.1) is 6.92 Å². The van der Waals surface area contributed by atoms with Gasteiger partial charge in [0.25, 0.3) is 0 Å². The molecule has 0 aromatic heterocycles. The zero-order chi connectivity index (χ0) is 16.7. The van der Waals surface area contributed by atoms with Crippen LogP contribution < -0.4 is 14.8 Å². The van der Waals surface area contributed by atoms with E-state index in [0.717, 1.165) is 36.6 Å². The Hall–Kier alpha value is -2.00. The predicted octanol–water partition coefficient (Wildman–Crippen LogP) is 4.12. The number of para-hydroxylation sites is 1. The second-order valence-corrected chi connectivity index (χ2v) is 5.97. The van der Waals surface area contributed by atoms with Crippen molar-refractivity contribution < 1.29 is 9.47 Å². The minimum absolute atomic E-state index is 0.122. The van der Waals surface area contributed by atoms with Gasteiger partial charge in [0.15, 0.2) is 11.5 Å². The molecule has 0 unspecified atom stereocenters. The Morgan fingerprint density at radius 2 is 1.74 bits per heavy atom. The van der Waals surface area contributed by atoms with Gasteiger partial charge in [0.1, 0.15) is 0 Å². The number of nitrogens with one attached hydrogen (secondary N) is 1. The summed E-state index contributed by atoms with van der Waals surface area (Å²) in [5, 5.41) is 3.51. The zero-order valence-electron chi connectivity index (χ0n) is 14.6. The van der Waals surface area contributed by atoms with Crippen LogP contribution in [0.2, 0.25) is 0 Å². The lowest BCUT2D eigenvalue weighted by Crippen LogP contribution is -2.18. The molecule has 0 aliphatic carbocycles. The van der Waals surface area contributed by atoms with Gasteiger partial charge in [-0.1, -0.05) is 36.4 Å². The number of rotatable bonds is 8. The van der Waals surface area contributed by atoms with Gasteiger partial charge in [0.2, 0.25) is 0 Å². The van der Waals surface area contributed by atoms with E-state index in [9.17, 15) is 0 Å². The SMILES string of the molecule is COc1cccc(CNCCc2ccccc2C)c1OC(C)C. The summed E-state index contributed by atoms with van der Waals surface area (Å²) in [5.74, 6) is 1.63. The molecular weight excluding hydrogens is 286 g/mol. The molecule has 0 amide bonds. The highest BCUT2D eigenvalue weighted by Gasteiger charge is 2.11. The Balaban J connectivity index is 1.96. The van der Waals surface area contributed by atoms with Gasteiger partial charge in [-0.3, -0.25) is 0 Å². The third-order valence-corrected chi connectivity index (χ3v) is 3.78. The van der Waals surface area contributed by atoms with Crippen molar-refractivity contribution in [1.82, 2.24) is 5.32 Å². The van der Waals surface area contributed by atoms with Crippen LogP contribution in [0.5, 0.6) is 11.5 Å². The maximum Gasteiger partial charge on any atom is 0.166 e. The van der Waals surface area contributed by atoms with E-state index < -0.39 is 0 Å². The summed E-state index contributed by atoms with van der Waals surface area (Å²) in [7, 11) is 1.68. The average Bonchev–Trinajstić information content (AvgIpc) is 2.53. The molecule has 0 atom stereocenters. The Morgan fingerprint density at radius 3 is 2.43 bits per heavy atom. The fourth-order valence-corrected chi connectivity index (χ4v) is 2.57. The fraction of sp³-hybridized carbons (Fsp3) is 0.400. The first-order valence-corrected chi connectivity index (χ1v) is 8.19.